The van der Waals surface area contributed by atoms with Crippen molar-refractivity contribution >= 4 is 29.2 Å². The smallest absolute Gasteiger partial charge is 0.389 e. The molecule has 0 saturated carbocycles. The maximum atomic E-state index is 12.2. The van der Waals surface area contributed by atoms with Gasteiger partial charge in [-0.25, -0.2) is 0 Å². The molecule has 0 saturated heterocycles. The monoisotopic (exact) mass is 379 g/mol. The molecule has 4 nitrogen and oxygen atoms in total. The van der Waals surface area contributed by atoms with E-state index in [9.17, 15) is 22.8 Å². The summed E-state index contributed by atoms with van der Waals surface area (Å²) in [6.45, 7) is 3.87. The Morgan fingerprint density at radius 2 is 1.92 bits per heavy atom. The standard InChI is InChI=1S/C17H21ClF3NO3/c1-10(2)12(9-16(24)25-3)11-4-5-13(18)14(8-11)22-15(23)6-7-17(19,20)21/h4-5,8,10,12H,6-7,9H2,1-3H3,(H,22,23). The van der Waals surface area contributed by atoms with E-state index >= 15 is 0 Å². The largest absolute Gasteiger partial charge is 0.469 e. The lowest BCUT2D eigenvalue weighted by Crippen LogP contribution is -2.17. The fourth-order valence-corrected chi connectivity index (χ4v) is 2.50. The molecule has 0 aliphatic rings. The predicted molar refractivity (Wildman–Crippen MR) is 89.6 cm³/mol. The molecular weight excluding hydrogens is 359 g/mol. The summed E-state index contributed by atoms with van der Waals surface area (Å²) < 4.78 is 41.3. The predicted octanol–water partition coefficient (Wildman–Crippen LogP) is 4.92. The van der Waals surface area contributed by atoms with Crippen molar-refractivity contribution in [2.24, 2.45) is 5.92 Å². The van der Waals surface area contributed by atoms with Gasteiger partial charge in [-0.05, 0) is 29.5 Å². The number of ether oxygens (including phenoxy) is 1. The van der Waals surface area contributed by atoms with Crippen LogP contribution in [0.3, 0.4) is 0 Å². The molecule has 1 amide bonds. The second kappa shape index (κ2) is 9.08. The third-order valence-electron chi connectivity index (χ3n) is 3.75. The van der Waals surface area contributed by atoms with Crippen molar-refractivity contribution in [3.63, 3.8) is 0 Å². The molecule has 1 aromatic rings. The first-order valence-corrected chi connectivity index (χ1v) is 8.14. The molecule has 0 aliphatic carbocycles. The van der Waals surface area contributed by atoms with Crippen LogP contribution >= 0.6 is 11.6 Å². The van der Waals surface area contributed by atoms with E-state index in [2.05, 4.69) is 5.32 Å². The molecule has 0 heterocycles. The van der Waals surface area contributed by atoms with Crippen LogP contribution < -0.4 is 5.32 Å². The molecule has 0 spiro atoms. The lowest BCUT2D eigenvalue weighted by Gasteiger charge is -2.21. The van der Waals surface area contributed by atoms with E-state index in [0.717, 1.165) is 5.56 Å². The first kappa shape index (κ1) is 21.3. The summed E-state index contributed by atoms with van der Waals surface area (Å²) >= 11 is 6.02. The van der Waals surface area contributed by atoms with Crippen molar-refractivity contribution < 1.29 is 27.5 Å². The van der Waals surface area contributed by atoms with Gasteiger partial charge in [0.05, 0.1) is 30.7 Å². The number of alkyl halides is 3. The molecule has 0 bridgehead atoms. The van der Waals surface area contributed by atoms with Gasteiger partial charge in [-0.3, -0.25) is 9.59 Å². The van der Waals surface area contributed by atoms with Crippen molar-refractivity contribution in [1.82, 2.24) is 0 Å². The summed E-state index contributed by atoms with van der Waals surface area (Å²) in [4.78, 5) is 23.3. The van der Waals surface area contributed by atoms with E-state index < -0.39 is 24.9 Å². The van der Waals surface area contributed by atoms with Gasteiger partial charge < -0.3 is 10.1 Å². The van der Waals surface area contributed by atoms with Crippen LogP contribution in [0.25, 0.3) is 0 Å². The molecule has 1 unspecified atom stereocenters. The number of amides is 1. The van der Waals surface area contributed by atoms with Crippen LogP contribution in [-0.4, -0.2) is 25.2 Å². The third-order valence-corrected chi connectivity index (χ3v) is 4.08. The average molecular weight is 380 g/mol. The maximum Gasteiger partial charge on any atom is 0.389 e. The summed E-state index contributed by atoms with van der Waals surface area (Å²) in [6, 6.07) is 4.85. The van der Waals surface area contributed by atoms with Crippen molar-refractivity contribution in [2.45, 2.75) is 45.2 Å². The maximum absolute atomic E-state index is 12.2. The molecular formula is C17H21ClF3NO3. The summed E-state index contributed by atoms with van der Waals surface area (Å²) in [5.41, 5.74) is 0.970. The Labute approximate surface area is 149 Å². The zero-order chi connectivity index (χ0) is 19.2. The molecule has 1 N–H and O–H groups in total. The SMILES string of the molecule is COC(=O)CC(c1ccc(Cl)c(NC(=O)CCC(F)(F)F)c1)C(C)C. The van der Waals surface area contributed by atoms with E-state index in [4.69, 9.17) is 16.3 Å². The highest BCUT2D eigenvalue weighted by molar-refractivity contribution is 6.33. The Kier molecular flexibility index (Phi) is 7.73. The minimum atomic E-state index is -4.40. The zero-order valence-corrected chi connectivity index (χ0v) is 15.0. The molecule has 140 valence electrons. The van der Waals surface area contributed by atoms with Crippen LogP contribution in [0.2, 0.25) is 5.02 Å². The second-order valence-electron chi connectivity index (χ2n) is 6.03. The molecule has 1 rings (SSSR count). The van der Waals surface area contributed by atoms with Gasteiger partial charge in [0.15, 0.2) is 0 Å². The number of carbonyl (C=O) groups excluding carboxylic acids is 2. The van der Waals surface area contributed by atoms with Crippen LogP contribution in [0.1, 0.15) is 44.6 Å². The van der Waals surface area contributed by atoms with Crippen molar-refractivity contribution in [3.8, 4) is 0 Å². The number of nitrogens with one attached hydrogen (secondary N) is 1. The van der Waals surface area contributed by atoms with Crippen molar-refractivity contribution in [3.05, 3.63) is 28.8 Å². The summed E-state index contributed by atoms with van der Waals surface area (Å²) in [7, 11) is 1.30. The number of anilines is 1. The first-order valence-electron chi connectivity index (χ1n) is 7.76. The number of hydrogen-bond acceptors (Lipinski definition) is 3. The highest BCUT2D eigenvalue weighted by Gasteiger charge is 2.28. The number of benzene rings is 1. The molecule has 1 atom stereocenters. The molecule has 1 aromatic carbocycles. The van der Waals surface area contributed by atoms with Crippen LogP contribution in [0.5, 0.6) is 0 Å². The number of esters is 1. The molecule has 0 aromatic heterocycles. The third kappa shape index (κ3) is 7.34. The van der Waals surface area contributed by atoms with Crippen molar-refractivity contribution in [2.75, 3.05) is 12.4 Å². The van der Waals surface area contributed by atoms with Gasteiger partial charge in [0.2, 0.25) is 5.91 Å². The summed E-state index contributed by atoms with van der Waals surface area (Å²) in [6.07, 6.45) is -6.13. The van der Waals surface area contributed by atoms with Gasteiger partial charge in [-0.2, -0.15) is 13.2 Å². The number of rotatable bonds is 7. The average Bonchev–Trinajstić information content (AvgIpc) is 2.51. The minimum absolute atomic E-state index is 0.106. The Hall–Kier alpha value is -1.76. The lowest BCUT2D eigenvalue weighted by atomic mass is 9.85. The summed E-state index contributed by atoms with van der Waals surface area (Å²) in [5, 5.41) is 2.61. The van der Waals surface area contributed by atoms with Gasteiger partial charge in [0.1, 0.15) is 0 Å². The number of hydrogen-bond donors (Lipinski definition) is 1. The molecule has 8 heteroatoms. The molecule has 25 heavy (non-hydrogen) atoms. The van der Waals surface area contributed by atoms with Gasteiger partial charge in [-0.15, -0.1) is 0 Å². The van der Waals surface area contributed by atoms with Crippen LogP contribution in [0.15, 0.2) is 18.2 Å². The Morgan fingerprint density at radius 1 is 1.28 bits per heavy atom. The Bertz CT molecular complexity index is 618. The van der Waals surface area contributed by atoms with E-state index in [1.54, 1.807) is 18.2 Å². The molecule has 0 aliphatic heterocycles. The molecule has 0 fully saturated rings. The zero-order valence-electron chi connectivity index (χ0n) is 14.2. The van der Waals surface area contributed by atoms with Gasteiger partial charge in [0, 0.05) is 6.42 Å². The van der Waals surface area contributed by atoms with E-state index in [-0.39, 0.29) is 34.9 Å². The number of methoxy groups -OCH3 is 1. The van der Waals surface area contributed by atoms with E-state index in [0.29, 0.717) is 0 Å². The van der Waals surface area contributed by atoms with E-state index in [1.807, 2.05) is 13.8 Å². The quantitative estimate of drug-likeness (QED) is 0.684. The van der Waals surface area contributed by atoms with E-state index in [1.165, 1.54) is 7.11 Å². The number of halogens is 4. The Morgan fingerprint density at radius 3 is 2.44 bits per heavy atom. The van der Waals surface area contributed by atoms with Gasteiger partial charge >= 0.3 is 12.1 Å². The second-order valence-corrected chi connectivity index (χ2v) is 6.44. The first-order chi connectivity index (χ1) is 11.5. The minimum Gasteiger partial charge on any atom is -0.469 e. The van der Waals surface area contributed by atoms with Crippen molar-refractivity contribution in [1.29, 1.82) is 0 Å². The molecule has 0 radical (unpaired) electrons. The Balaban J connectivity index is 2.93. The fraction of sp³-hybridized carbons (Fsp3) is 0.529. The normalized spacial score (nSPS) is 12.8. The van der Waals surface area contributed by atoms with Crippen LogP contribution in [-0.2, 0) is 14.3 Å². The van der Waals surface area contributed by atoms with Gasteiger partial charge in [-0.1, -0.05) is 31.5 Å². The van der Waals surface area contributed by atoms with Crippen LogP contribution in [0.4, 0.5) is 18.9 Å². The topological polar surface area (TPSA) is 55.4 Å². The van der Waals surface area contributed by atoms with Crippen LogP contribution in [0, 0.1) is 5.92 Å². The number of carbonyl (C=O) groups is 2. The van der Waals surface area contributed by atoms with Gasteiger partial charge in [0.25, 0.3) is 0 Å². The lowest BCUT2D eigenvalue weighted by molar-refractivity contribution is -0.142. The summed E-state index contributed by atoms with van der Waals surface area (Å²) in [5.74, 6) is -1.21. The highest BCUT2D eigenvalue weighted by Crippen LogP contribution is 2.33. The highest BCUT2D eigenvalue weighted by atomic mass is 35.5. The fourth-order valence-electron chi connectivity index (χ4n) is 2.34.